The summed E-state index contributed by atoms with van der Waals surface area (Å²) in [5.41, 5.74) is 12.2. The Bertz CT molecular complexity index is 1160. The molecule has 0 unspecified atom stereocenters. The predicted octanol–water partition coefficient (Wildman–Crippen LogP) is 1.72. The van der Waals surface area contributed by atoms with E-state index >= 15 is 0 Å². The minimum Gasteiger partial charge on any atom is -0.457 e. The smallest absolute Gasteiger partial charge is 0.251 e. The highest BCUT2D eigenvalue weighted by Gasteiger charge is 2.09. The van der Waals surface area contributed by atoms with E-state index in [1.165, 1.54) is 0 Å². The molecule has 3 aromatic rings. The minimum absolute atomic E-state index is 0.234. The van der Waals surface area contributed by atoms with Gasteiger partial charge in [0.05, 0.1) is 6.54 Å². The number of amides is 4. The number of hydrogen-bond donors (Lipinski definition) is 4. The lowest BCUT2D eigenvalue weighted by Crippen LogP contribution is -2.33. The van der Waals surface area contributed by atoms with Gasteiger partial charge in [0.15, 0.2) is 0 Å². The lowest BCUT2D eigenvalue weighted by atomic mass is 10.1. The molecule has 0 fully saturated rings. The molecule has 9 heteroatoms. The van der Waals surface area contributed by atoms with E-state index in [4.69, 9.17) is 16.2 Å². The molecule has 4 amide bonds. The van der Waals surface area contributed by atoms with Crippen molar-refractivity contribution in [1.82, 2.24) is 10.6 Å². The molecule has 168 valence electrons. The van der Waals surface area contributed by atoms with Crippen molar-refractivity contribution in [2.75, 3.05) is 6.54 Å². The minimum atomic E-state index is -0.624. The van der Waals surface area contributed by atoms with Gasteiger partial charge in [-0.2, -0.15) is 0 Å². The maximum absolute atomic E-state index is 12.4. The van der Waals surface area contributed by atoms with Crippen LogP contribution in [0.3, 0.4) is 0 Å². The number of carbonyl (C=O) groups is 4. The third-order valence-electron chi connectivity index (χ3n) is 4.58. The predicted molar refractivity (Wildman–Crippen MR) is 121 cm³/mol. The average Bonchev–Trinajstić information content (AvgIpc) is 2.82. The van der Waals surface area contributed by atoms with Crippen LogP contribution in [0.25, 0.3) is 0 Å². The first-order valence-electron chi connectivity index (χ1n) is 9.93. The van der Waals surface area contributed by atoms with E-state index < -0.39 is 17.7 Å². The van der Waals surface area contributed by atoms with Crippen molar-refractivity contribution in [3.63, 3.8) is 0 Å². The maximum Gasteiger partial charge on any atom is 0.251 e. The van der Waals surface area contributed by atoms with Crippen LogP contribution in [0, 0.1) is 0 Å². The lowest BCUT2D eigenvalue weighted by molar-refractivity contribution is -0.117. The van der Waals surface area contributed by atoms with E-state index in [1.807, 2.05) is 0 Å². The molecule has 9 nitrogen and oxygen atoms in total. The van der Waals surface area contributed by atoms with Crippen LogP contribution in [0.4, 0.5) is 0 Å². The maximum atomic E-state index is 12.4. The number of nitrogens with two attached hydrogens (primary N) is 2. The summed E-state index contributed by atoms with van der Waals surface area (Å²) in [5, 5.41) is 5.21. The van der Waals surface area contributed by atoms with Crippen LogP contribution in [0.1, 0.15) is 36.6 Å². The highest BCUT2D eigenvalue weighted by atomic mass is 16.5. The zero-order valence-corrected chi connectivity index (χ0v) is 17.5. The highest BCUT2D eigenvalue weighted by Crippen LogP contribution is 2.22. The second-order valence-electron chi connectivity index (χ2n) is 7.04. The van der Waals surface area contributed by atoms with E-state index in [2.05, 4.69) is 10.6 Å². The van der Waals surface area contributed by atoms with Crippen molar-refractivity contribution in [3.8, 4) is 11.5 Å². The summed E-state index contributed by atoms with van der Waals surface area (Å²) in [4.78, 5) is 46.1. The summed E-state index contributed by atoms with van der Waals surface area (Å²) in [6.07, 6.45) is 0. The van der Waals surface area contributed by atoms with Gasteiger partial charge in [0, 0.05) is 23.2 Å². The molecule has 33 heavy (non-hydrogen) atoms. The Hall–Kier alpha value is -4.66. The van der Waals surface area contributed by atoms with Crippen molar-refractivity contribution in [2.45, 2.75) is 6.54 Å². The van der Waals surface area contributed by atoms with Crippen molar-refractivity contribution < 1.29 is 23.9 Å². The quantitative estimate of drug-likeness (QED) is 0.394. The Balaban J connectivity index is 1.51. The van der Waals surface area contributed by atoms with Crippen molar-refractivity contribution >= 4 is 23.6 Å². The van der Waals surface area contributed by atoms with Crippen molar-refractivity contribution in [3.05, 3.63) is 95.1 Å². The molecular weight excluding hydrogens is 424 g/mol. The van der Waals surface area contributed by atoms with Crippen LogP contribution in [0.2, 0.25) is 0 Å². The van der Waals surface area contributed by atoms with Crippen LogP contribution in [-0.2, 0) is 11.3 Å². The van der Waals surface area contributed by atoms with Crippen molar-refractivity contribution in [2.24, 2.45) is 11.5 Å². The van der Waals surface area contributed by atoms with Crippen LogP contribution in [0.5, 0.6) is 11.5 Å². The molecule has 0 aliphatic heterocycles. The molecule has 0 bridgehead atoms. The molecule has 0 radical (unpaired) electrons. The van der Waals surface area contributed by atoms with Gasteiger partial charge in [-0.3, -0.25) is 19.2 Å². The van der Waals surface area contributed by atoms with Crippen LogP contribution < -0.4 is 26.8 Å². The first kappa shape index (κ1) is 23.0. The lowest BCUT2D eigenvalue weighted by Gasteiger charge is -2.09. The van der Waals surface area contributed by atoms with Gasteiger partial charge in [0.25, 0.3) is 11.8 Å². The standard InChI is InChI=1S/C24H22N4O5/c25-21(29)14-28-24(32)17-3-1-15(2-4-17)13-27-23(31)18-7-11-20(12-8-18)33-19-9-5-16(6-10-19)22(26)30/h1-12H,13-14H2,(H2,25,29)(H2,26,30)(H,27,31)(H,28,32). The van der Waals surface area contributed by atoms with Crippen LogP contribution in [0.15, 0.2) is 72.8 Å². The summed E-state index contributed by atoms with van der Waals surface area (Å²) in [6.45, 7) is 0.0362. The van der Waals surface area contributed by atoms with Gasteiger partial charge >= 0.3 is 0 Å². The zero-order chi connectivity index (χ0) is 23.8. The molecule has 0 heterocycles. The third-order valence-corrected chi connectivity index (χ3v) is 4.58. The molecule has 0 aliphatic rings. The number of rotatable bonds is 9. The van der Waals surface area contributed by atoms with Gasteiger partial charge in [-0.1, -0.05) is 12.1 Å². The number of hydrogen-bond acceptors (Lipinski definition) is 5. The first-order chi connectivity index (χ1) is 15.8. The second-order valence-corrected chi connectivity index (χ2v) is 7.04. The van der Waals surface area contributed by atoms with Gasteiger partial charge in [-0.25, -0.2) is 0 Å². The fourth-order valence-electron chi connectivity index (χ4n) is 2.83. The van der Waals surface area contributed by atoms with Gasteiger partial charge in [0.2, 0.25) is 11.8 Å². The van der Waals surface area contributed by atoms with Gasteiger partial charge in [-0.05, 0) is 66.2 Å². The topological polar surface area (TPSA) is 154 Å². The van der Waals surface area contributed by atoms with E-state index in [1.54, 1.807) is 72.8 Å². The number of ether oxygens (including phenoxy) is 1. The third kappa shape index (κ3) is 6.66. The molecule has 0 saturated carbocycles. The monoisotopic (exact) mass is 446 g/mol. The van der Waals surface area contributed by atoms with Gasteiger partial charge in [-0.15, -0.1) is 0 Å². The Morgan fingerprint density at radius 1 is 0.636 bits per heavy atom. The van der Waals surface area contributed by atoms with Crippen LogP contribution in [-0.4, -0.2) is 30.2 Å². The second kappa shape index (κ2) is 10.6. The summed E-state index contributed by atoms with van der Waals surface area (Å²) in [5.74, 6) is -0.752. The summed E-state index contributed by atoms with van der Waals surface area (Å²) in [7, 11) is 0. The summed E-state index contributed by atoms with van der Waals surface area (Å²) in [6, 6.07) is 19.6. The fourth-order valence-corrected chi connectivity index (χ4v) is 2.83. The van der Waals surface area contributed by atoms with Crippen LogP contribution >= 0.6 is 0 Å². The first-order valence-corrected chi connectivity index (χ1v) is 9.93. The molecule has 3 aromatic carbocycles. The summed E-state index contributed by atoms with van der Waals surface area (Å²) < 4.78 is 5.70. The molecule has 0 aliphatic carbocycles. The highest BCUT2D eigenvalue weighted by molar-refractivity contribution is 5.96. The molecule has 3 rings (SSSR count). The SMILES string of the molecule is NC(=O)CNC(=O)c1ccc(CNC(=O)c2ccc(Oc3ccc(C(N)=O)cc3)cc2)cc1. The van der Waals surface area contributed by atoms with Gasteiger partial charge < -0.3 is 26.8 Å². The van der Waals surface area contributed by atoms with Crippen molar-refractivity contribution in [1.29, 1.82) is 0 Å². The Kier molecular flexibility index (Phi) is 7.38. The molecule has 0 atom stereocenters. The Morgan fingerprint density at radius 3 is 1.58 bits per heavy atom. The Labute approximate surface area is 189 Å². The normalized spacial score (nSPS) is 10.2. The molecule has 6 N–H and O–H groups in total. The van der Waals surface area contributed by atoms with E-state index in [9.17, 15) is 19.2 Å². The van der Waals surface area contributed by atoms with Gasteiger partial charge in [0.1, 0.15) is 11.5 Å². The molecule has 0 spiro atoms. The molecule has 0 saturated heterocycles. The fraction of sp³-hybridized carbons (Fsp3) is 0.0833. The molecule has 0 aromatic heterocycles. The number of benzene rings is 3. The number of carbonyl (C=O) groups excluding carboxylic acids is 4. The Morgan fingerprint density at radius 2 is 1.09 bits per heavy atom. The van der Waals surface area contributed by atoms with E-state index in [0.717, 1.165) is 5.56 Å². The van der Waals surface area contributed by atoms with E-state index in [0.29, 0.717) is 28.2 Å². The summed E-state index contributed by atoms with van der Waals surface area (Å²) >= 11 is 0. The number of nitrogens with one attached hydrogen (secondary N) is 2. The average molecular weight is 446 g/mol. The number of primary amides is 2. The molecular formula is C24H22N4O5. The zero-order valence-electron chi connectivity index (χ0n) is 17.5. The largest absolute Gasteiger partial charge is 0.457 e. The van der Waals surface area contributed by atoms with E-state index in [-0.39, 0.29) is 19.0 Å².